The Labute approximate surface area is 93.9 Å². The van der Waals surface area contributed by atoms with Crippen molar-refractivity contribution in [3.63, 3.8) is 0 Å². The smallest absolute Gasteiger partial charge is 0.155 e. The van der Waals surface area contributed by atoms with Crippen LogP contribution in [0.5, 0.6) is 0 Å². The molecule has 1 rings (SSSR count). The predicted octanol–water partition coefficient (Wildman–Crippen LogP) is 3.98. The summed E-state index contributed by atoms with van der Waals surface area (Å²) in [5, 5.41) is 0. The summed E-state index contributed by atoms with van der Waals surface area (Å²) in [7, 11) is 0. The summed E-state index contributed by atoms with van der Waals surface area (Å²) in [6.07, 6.45) is 5.86. The Hall–Kier alpha value is -0.590. The average molecular weight is 208 g/mol. The molecule has 2 atom stereocenters. The topological polar surface area (TPSA) is 17.1 Å². The number of hydrogen-bond acceptors (Lipinski definition) is 1. The van der Waals surface area contributed by atoms with Gasteiger partial charge in [-0.15, -0.1) is 0 Å². The summed E-state index contributed by atoms with van der Waals surface area (Å²) < 4.78 is 0. The van der Waals surface area contributed by atoms with Gasteiger partial charge in [0.2, 0.25) is 0 Å². The summed E-state index contributed by atoms with van der Waals surface area (Å²) in [6, 6.07) is 0. The minimum absolute atomic E-state index is 0.207. The van der Waals surface area contributed by atoms with Crippen molar-refractivity contribution >= 4 is 5.78 Å². The number of Topliss-reactive ketones (excluding diaryl/α,β-unsaturated/α-hetero) is 1. The maximum absolute atomic E-state index is 11.1. The van der Waals surface area contributed by atoms with Crippen molar-refractivity contribution < 1.29 is 4.79 Å². The van der Waals surface area contributed by atoms with Gasteiger partial charge in [-0.2, -0.15) is 0 Å². The number of ketones is 1. The fraction of sp³-hybridized carbons (Fsp3) is 0.786. The number of carbonyl (C=O) groups excluding carboxylic acids is 1. The van der Waals surface area contributed by atoms with Crippen LogP contribution in [0, 0.1) is 17.3 Å². The molecule has 0 bridgehead atoms. The van der Waals surface area contributed by atoms with Gasteiger partial charge >= 0.3 is 0 Å². The second kappa shape index (κ2) is 4.51. The van der Waals surface area contributed by atoms with Gasteiger partial charge in [0.25, 0.3) is 0 Å². The van der Waals surface area contributed by atoms with Gasteiger partial charge in [-0.1, -0.05) is 26.8 Å². The fourth-order valence-corrected chi connectivity index (χ4v) is 2.48. The van der Waals surface area contributed by atoms with Gasteiger partial charge in [0.15, 0.2) is 5.78 Å². The number of hydrogen-bond donors (Lipinski definition) is 0. The third kappa shape index (κ3) is 2.70. The Morgan fingerprint density at radius 3 is 2.33 bits per heavy atom. The van der Waals surface area contributed by atoms with Crippen LogP contribution >= 0.6 is 0 Å². The van der Waals surface area contributed by atoms with Crippen LogP contribution in [0.15, 0.2) is 11.6 Å². The molecule has 1 fully saturated rings. The zero-order chi connectivity index (χ0) is 11.6. The fourth-order valence-electron chi connectivity index (χ4n) is 2.48. The lowest BCUT2D eigenvalue weighted by atomic mass is 9.75. The molecule has 86 valence electrons. The lowest BCUT2D eigenvalue weighted by Crippen LogP contribution is -2.23. The van der Waals surface area contributed by atoms with E-state index in [0.29, 0.717) is 5.41 Å². The average Bonchev–Trinajstić information content (AvgIpc) is 2.39. The van der Waals surface area contributed by atoms with Crippen molar-refractivity contribution in [1.82, 2.24) is 0 Å². The lowest BCUT2D eigenvalue weighted by Gasteiger charge is -2.30. The van der Waals surface area contributed by atoms with Gasteiger partial charge in [-0.05, 0) is 55.9 Å². The van der Waals surface area contributed by atoms with Gasteiger partial charge in [-0.25, -0.2) is 0 Å². The highest BCUT2D eigenvalue weighted by Crippen LogP contribution is 2.48. The van der Waals surface area contributed by atoms with E-state index in [0.717, 1.165) is 23.8 Å². The molecule has 0 aliphatic heterocycles. The molecule has 0 aromatic heterocycles. The molecular formula is C14H24O. The molecule has 0 amide bonds. The zero-order valence-corrected chi connectivity index (χ0v) is 10.8. The molecule has 0 saturated heterocycles. The lowest BCUT2D eigenvalue weighted by molar-refractivity contribution is -0.113. The van der Waals surface area contributed by atoms with E-state index < -0.39 is 0 Å². The SMILES string of the molecule is CC(=O)C(C)=CCC1CCC(C)C1(C)C. The maximum atomic E-state index is 11.1. The van der Waals surface area contributed by atoms with E-state index in [-0.39, 0.29) is 5.78 Å². The van der Waals surface area contributed by atoms with E-state index in [1.165, 1.54) is 12.8 Å². The standard InChI is InChI=1S/C14H24O/c1-10(12(3)15)6-8-13-9-7-11(2)14(13,4)5/h6,11,13H,7-9H2,1-5H3. The molecule has 0 aromatic carbocycles. The van der Waals surface area contributed by atoms with Gasteiger partial charge in [0.1, 0.15) is 0 Å². The highest BCUT2D eigenvalue weighted by atomic mass is 16.1. The second-order valence-corrected chi connectivity index (χ2v) is 5.68. The molecule has 1 aliphatic rings. The normalized spacial score (nSPS) is 30.6. The molecule has 1 saturated carbocycles. The summed E-state index contributed by atoms with van der Waals surface area (Å²) in [6.45, 7) is 10.7. The Bertz CT molecular complexity index is 273. The summed E-state index contributed by atoms with van der Waals surface area (Å²) in [4.78, 5) is 11.1. The van der Waals surface area contributed by atoms with Crippen LogP contribution in [0.25, 0.3) is 0 Å². The van der Waals surface area contributed by atoms with Gasteiger partial charge in [0.05, 0.1) is 0 Å². The quantitative estimate of drug-likeness (QED) is 0.641. The van der Waals surface area contributed by atoms with Crippen LogP contribution in [0.1, 0.15) is 53.9 Å². The summed E-state index contributed by atoms with van der Waals surface area (Å²) >= 11 is 0. The van der Waals surface area contributed by atoms with E-state index in [1.807, 2.05) is 6.92 Å². The molecular weight excluding hydrogens is 184 g/mol. The van der Waals surface area contributed by atoms with Crippen LogP contribution in [-0.4, -0.2) is 5.78 Å². The van der Waals surface area contributed by atoms with Crippen LogP contribution in [0.4, 0.5) is 0 Å². The Morgan fingerprint density at radius 1 is 1.33 bits per heavy atom. The Balaban J connectivity index is 2.61. The molecule has 1 nitrogen and oxygen atoms in total. The third-order valence-corrected chi connectivity index (χ3v) is 4.53. The molecule has 2 unspecified atom stereocenters. The van der Waals surface area contributed by atoms with Crippen LogP contribution in [0.2, 0.25) is 0 Å². The Morgan fingerprint density at radius 2 is 1.93 bits per heavy atom. The summed E-state index contributed by atoms with van der Waals surface area (Å²) in [5.41, 5.74) is 1.36. The molecule has 0 spiro atoms. The minimum Gasteiger partial charge on any atom is -0.295 e. The molecule has 0 heterocycles. The predicted molar refractivity (Wildman–Crippen MR) is 64.7 cm³/mol. The molecule has 1 aliphatic carbocycles. The second-order valence-electron chi connectivity index (χ2n) is 5.68. The molecule has 0 aromatic rings. The number of carbonyl (C=O) groups is 1. The first kappa shape index (κ1) is 12.5. The molecule has 1 heteroatoms. The van der Waals surface area contributed by atoms with Crippen LogP contribution in [-0.2, 0) is 4.79 Å². The van der Waals surface area contributed by atoms with Crippen molar-refractivity contribution in [2.45, 2.75) is 53.9 Å². The molecule has 0 N–H and O–H groups in total. The van der Waals surface area contributed by atoms with E-state index >= 15 is 0 Å². The monoisotopic (exact) mass is 208 g/mol. The zero-order valence-electron chi connectivity index (χ0n) is 10.8. The first-order chi connectivity index (χ1) is 6.85. The van der Waals surface area contributed by atoms with E-state index in [2.05, 4.69) is 26.8 Å². The molecule has 15 heavy (non-hydrogen) atoms. The van der Waals surface area contributed by atoms with Crippen LogP contribution in [0.3, 0.4) is 0 Å². The highest BCUT2D eigenvalue weighted by molar-refractivity contribution is 5.92. The van der Waals surface area contributed by atoms with E-state index in [1.54, 1.807) is 6.92 Å². The minimum atomic E-state index is 0.207. The van der Waals surface area contributed by atoms with Crippen molar-refractivity contribution in [3.05, 3.63) is 11.6 Å². The summed E-state index contributed by atoms with van der Waals surface area (Å²) in [5.74, 6) is 1.77. The van der Waals surface area contributed by atoms with E-state index in [9.17, 15) is 4.79 Å². The first-order valence-electron chi connectivity index (χ1n) is 6.03. The highest BCUT2D eigenvalue weighted by Gasteiger charge is 2.39. The number of allylic oxidation sites excluding steroid dienone is 2. The van der Waals surface area contributed by atoms with Crippen molar-refractivity contribution in [1.29, 1.82) is 0 Å². The van der Waals surface area contributed by atoms with Gasteiger partial charge in [0, 0.05) is 0 Å². The van der Waals surface area contributed by atoms with Crippen molar-refractivity contribution in [3.8, 4) is 0 Å². The van der Waals surface area contributed by atoms with Crippen molar-refractivity contribution in [2.75, 3.05) is 0 Å². The largest absolute Gasteiger partial charge is 0.295 e. The molecule has 0 radical (unpaired) electrons. The van der Waals surface area contributed by atoms with Gasteiger partial charge in [-0.3, -0.25) is 4.79 Å². The maximum Gasteiger partial charge on any atom is 0.155 e. The van der Waals surface area contributed by atoms with Gasteiger partial charge < -0.3 is 0 Å². The first-order valence-corrected chi connectivity index (χ1v) is 6.03. The third-order valence-electron chi connectivity index (χ3n) is 4.53. The Kier molecular flexibility index (Phi) is 3.75. The van der Waals surface area contributed by atoms with Crippen molar-refractivity contribution in [2.24, 2.45) is 17.3 Å². The van der Waals surface area contributed by atoms with E-state index in [4.69, 9.17) is 0 Å². The number of rotatable bonds is 3. The van der Waals surface area contributed by atoms with Crippen LogP contribution < -0.4 is 0 Å².